The van der Waals surface area contributed by atoms with Gasteiger partial charge >= 0.3 is 6.61 Å². The molecule has 7 nitrogen and oxygen atoms in total. The van der Waals surface area contributed by atoms with E-state index in [-0.39, 0.29) is 17.9 Å². The zero-order valence-electron chi connectivity index (χ0n) is 19.3. The van der Waals surface area contributed by atoms with Crippen molar-refractivity contribution >= 4 is 22.5 Å². The third-order valence-corrected chi connectivity index (χ3v) is 6.47. The first kappa shape index (κ1) is 22.6. The lowest BCUT2D eigenvalue weighted by molar-refractivity contribution is -0.169. The fourth-order valence-electron chi connectivity index (χ4n) is 4.96. The van der Waals surface area contributed by atoms with Gasteiger partial charge in [0.15, 0.2) is 5.82 Å². The van der Waals surface area contributed by atoms with Crippen LogP contribution in [-0.2, 0) is 4.74 Å². The number of halogens is 3. The van der Waals surface area contributed by atoms with Crippen LogP contribution in [0.1, 0.15) is 51.4 Å². The molecule has 0 radical (unpaired) electrons. The lowest BCUT2D eigenvalue weighted by atomic mass is 9.93. The minimum Gasteiger partial charge on any atom is -0.350 e. The molecule has 3 heterocycles. The van der Waals surface area contributed by atoms with Gasteiger partial charge in [-0.25, -0.2) is 18.9 Å². The average Bonchev–Trinajstić information content (AvgIpc) is 3.35. The second-order valence-corrected chi connectivity index (χ2v) is 9.10. The second-order valence-electron chi connectivity index (χ2n) is 9.10. The van der Waals surface area contributed by atoms with Gasteiger partial charge in [0.05, 0.1) is 23.3 Å². The molecule has 34 heavy (non-hydrogen) atoms. The lowest BCUT2D eigenvalue weighted by Crippen LogP contribution is -2.31. The van der Waals surface area contributed by atoms with Crippen molar-refractivity contribution in [2.75, 3.05) is 5.32 Å². The summed E-state index contributed by atoms with van der Waals surface area (Å²) in [7, 11) is 0. The number of aryl methyl sites for hydroxylation is 1. The van der Waals surface area contributed by atoms with Gasteiger partial charge in [-0.1, -0.05) is 0 Å². The molecule has 180 valence electrons. The third kappa shape index (κ3) is 4.22. The quantitative estimate of drug-likeness (QED) is 0.388. The number of imidazole rings is 1. The van der Waals surface area contributed by atoms with Crippen LogP contribution in [0.2, 0.25) is 0 Å². The number of fused-ring (bicyclic) bond motifs is 2. The highest BCUT2D eigenvalue weighted by atomic mass is 19.3. The Kier molecular flexibility index (Phi) is 5.93. The number of aromatic nitrogens is 5. The summed E-state index contributed by atoms with van der Waals surface area (Å²) in [5.41, 5.74) is 3.44. The van der Waals surface area contributed by atoms with Gasteiger partial charge in [-0.05, 0) is 70.2 Å². The highest BCUT2D eigenvalue weighted by molar-refractivity contribution is 5.88. The number of nitrogens with one attached hydrogen (secondary N) is 1. The summed E-state index contributed by atoms with van der Waals surface area (Å²) in [6.07, 6.45) is 5.68. The summed E-state index contributed by atoms with van der Waals surface area (Å²) in [6, 6.07) is 5.60. The van der Waals surface area contributed by atoms with Crippen molar-refractivity contribution in [1.82, 2.24) is 24.1 Å². The van der Waals surface area contributed by atoms with Gasteiger partial charge in [-0.2, -0.15) is 8.78 Å². The van der Waals surface area contributed by atoms with Gasteiger partial charge in [-0.3, -0.25) is 0 Å². The molecule has 1 N–H and O–H groups in total. The van der Waals surface area contributed by atoms with Gasteiger partial charge in [0.25, 0.3) is 0 Å². The smallest absolute Gasteiger partial charge is 0.345 e. The predicted molar refractivity (Wildman–Crippen MR) is 124 cm³/mol. The number of alkyl halides is 2. The molecule has 0 amide bonds. The topological polar surface area (TPSA) is 69.3 Å². The maximum atomic E-state index is 14.9. The number of hydrogen-bond donors (Lipinski definition) is 1. The summed E-state index contributed by atoms with van der Waals surface area (Å²) in [5, 5.41) is 7.84. The van der Waals surface area contributed by atoms with Crippen LogP contribution in [0.5, 0.6) is 0 Å². The van der Waals surface area contributed by atoms with Crippen LogP contribution in [0.15, 0.2) is 30.6 Å². The third-order valence-electron chi connectivity index (χ3n) is 6.47. The SMILES string of the molecule is Cc1nc2c(F)cc(-c3ccn4nc(N[C@H]5CC[C@H](OC(F)F)CC5)ncc34)cc2n1C(C)C. The first-order valence-electron chi connectivity index (χ1n) is 11.5. The Labute approximate surface area is 195 Å². The molecule has 3 aromatic heterocycles. The van der Waals surface area contributed by atoms with E-state index in [9.17, 15) is 13.2 Å². The fourth-order valence-corrected chi connectivity index (χ4v) is 4.96. The Morgan fingerprint density at radius 1 is 1.12 bits per heavy atom. The number of anilines is 1. The summed E-state index contributed by atoms with van der Waals surface area (Å²) in [5.74, 6) is 0.875. The Morgan fingerprint density at radius 3 is 2.59 bits per heavy atom. The Balaban J connectivity index is 1.39. The van der Waals surface area contributed by atoms with Crippen molar-refractivity contribution in [3.8, 4) is 11.1 Å². The van der Waals surface area contributed by atoms with Gasteiger partial charge < -0.3 is 14.6 Å². The molecule has 1 aromatic carbocycles. The molecule has 0 bridgehead atoms. The lowest BCUT2D eigenvalue weighted by Gasteiger charge is -2.28. The minimum absolute atomic E-state index is 0.0982. The van der Waals surface area contributed by atoms with E-state index in [0.29, 0.717) is 37.1 Å². The van der Waals surface area contributed by atoms with Crippen LogP contribution < -0.4 is 5.32 Å². The number of hydrogen-bond acceptors (Lipinski definition) is 5. The average molecular weight is 473 g/mol. The monoisotopic (exact) mass is 472 g/mol. The van der Waals surface area contributed by atoms with Crippen molar-refractivity contribution < 1.29 is 17.9 Å². The van der Waals surface area contributed by atoms with E-state index >= 15 is 0 Å². The van der Waals surface area contributed by atoms with Gasteiger partial charge in [0.1, 0.15) is 11.3 Å². The van der Waals surface area contributed by atoms with Gasteiger partial charge in [0.2, 0.25) is 5.95 Å². The molecule has 1 fully saturated rings. The maximum absolute atomic E-state index is 14.9. The van der Waals surface area contributed by atoms with Crippen molar-refractivity contribution in [1.29, 1.82) is 0 Å². The number of nitrogens with zero attached hydrogens (tertiary/aromatic N) is 5. The van der Waals surface area contributed by atoms with E-state index < -0.39 is 12.7 Å². The molecular weight excluding hydrogens is 445 g/mol. The van der Waals surface area contributed by atoms with Gasteiger partial charge in [0, 0.05) is 23.8 Å². The minimum atomic E-state index is -2.73. The first-order valence-corrected chi connectivity index (χ1v) is 11.5. The molecule has 1 aliphatic carbocycles. The Morgan fingerprint density at radius 2 is 1.88 bits per heavy atom. The number of rotatable bonds is 6. The largest absolute Gasteiger partial charge is 0.350 e. The van der Waals surface area contributed by atoms with E-state index in [4.69, 9.17) is 0 Å². The maximum Gasteiger partial charge on any atom is 0.345 e. The van der Waals surface area contributed by atoms with E-state index in [1.54, 1.807) is 10.7 Å². The van der Waals surface area contributed by atoms with Crippen LogP contribution in [-0.4, -0.2) is 42.9 Å². The molecular formula is C24H27F3N6O. The second kappa shape index (κ2) is 8.90. The molecule has 5 rings (SSSR count). The van der Waals surface area contributed by atoms with Crippen LogP contribution in [0, 0.1) is 12.7 Å². The van der Waals surface area contributed by atoms with E-state index in [1.807, 2.05) is 43.7 Å². The molecule has 0 saturated heterocycles. The molecule has 0 unspecified atom stereocenters. The predicted octanol–water partition coefficient (Wildman–Crippen LogP) is 5.74. The molecule has 0 atom stereocenters. The molecule has 1 saturated carbocycles. The first-order chi connectivity index (χ1) is 16.3. The van der Waals surface area contributed by atoms with Crippen LogP contribution >= 0.6 is 0 Å². The van der Waals surface area contributed by atoms with Crippen molar-refractivity contribution in [3.63, 3.8) is 0 Å². The molecule has 0 aliphatic heterocycles. The van der Waals surface area contributed by atoms with E-state index in [2.05, 4.69) is 25.1 Å². The summed E-state index contributed by atoms with van der Waals surface area (Å²) < 4.78 is 48.1. The van der Waals surface area contributed by atoms with Crippen LogP contribution in [0.4, 0.5) is 19.1 Å². The summed E-state index contributed by atoms with van der Waals surface area (Å²) in [6.45, 7) is 3.25. The standard InChI is InChI=1S/C24H27F3N6O/c1-13(2)33-14(3)29-22-19(25)10-15(11-20(22)33)18-8-9-32-21(18)12-28-24(31-32)30-16-4-6-17(7-5-16)34-23(26)27/h8-13,16-17,23H,4-7H2,1-3H3,(H,30,31)/t16-,17-. The number of ether oxygens (including phenoxy) is 1. The van der Waals surface area contributed by atoms with E-state index in [0.717, 1.165) is 28.0 Å². The molecule has 0 spiro atoms. The highest BCUT2D eigenvalue weighted by Gasteiger charge is 2.24. The highest BCUT2D eigenvalue weighted by Crippen LogP contribution is 2.32. The van der Waals surface area contributed by atoms with Crippen molar-refractivity contribution in [2.24, 2.45) is 0 Å². The summed E-state index contributed by atoms with van der Waals surface area (Å²) in [4.78, 5) is 8.86. The number of benzene rings is 1. The zero-order chi connectivity index (χ0) is 24.0. The van der Waals surface area contributed by atoms with Crippen molar-refractivity contribution in [3.05, 3.63) is 42.2 Å². The molecule has 4 aromatic rings. The van der Waals surface area contributed by atoms with E-state index in [1.165, 1.54) is 6.07 Å². The van der Waals surface area contributed by atoms with Crippen LogP contribution in [0.25, 0.3) is 27.7 Å². The Bertz CT molecular complexity index is 1320. The van der Waals surface area contributed by atoms with Crippen molar-refractivity contribution in [2.45, 2.75) is 71.3 Å². The van der Waals surface area contributed by atoms with Crippen LogP contribution in [0.3, 0.4) is 0 Å². The Hall–Kier alpha value is -3.14. The fraction of sp³-hybridized carbons (Fsp3) is 0.458. The normalized spacial score (nSPS) is 19.1. The molecule has 10 heteroatoms. The molecule has 1 aliphatic rings. The zero-order valence-corrected chi connectivity index (χ0v) is 19.3. The summed E-state index contributed by atoms with van der Waals surface area (Å²) >= 11 is 0. The van der Waals surface area contributed by atoms with Gasteiger partial charge in [-0.15, -0.1) is 5.10 Å².